The van der Waals surface area contributed by atoms with E-state index < -0.39 is 5.97 Å². The molecule has 0 N–H and O–H groups in total. The SMILES string of the molecule is CCCCC(CCCCCCCCCC([O])=O)CCCOCC(C)(C)OC1CCCCC1. The lowest BCUT2D eigenvalue weighted by Gasteiger charge is -2.32. The summed E-state index contributed by atoms with van der Waals surface area (Å²) in [6, 6.07) is 0. The minimum atomic E-state index is -0.912. The topological polar surface area (TPSA) is 55.4 Å². The van der Waals surface area contributed by atoms with Gasteiger partial charge in [-0.2, -0.15) is 0 Å². The third-order valence-corrected chi connectivity index (χ3v) is 6.85. The van der Waals surface area contributed by atoms with Crippen LogP contribution in [0.1, 0.15) is 143 Å². The Labute approximate surface area is 199 Å². The van der Waals surface area contributed by atoms with Crippen LogP contribution in [0.15, 0.2) is 0 Å². The number of rotatable bonds is 21. The Morgan fingerprint density at radius 1 is 0.844 bits per heavy atom. The second-order valence-corrected chi connectivity index (χ2v) is 10.7. The van der Waals surface area contributed by atoms with Crippen molar-refractivity contribution in [3.8, 4) is 0 Å². The molecule has 4 nitrogen and oxygen atoms in total. The first-order valence-electron chi connectivity index (χ1n) is 13.9. The Hall–Kier alpha value is -0.610. The minimum absolute atomic E-state index is 0.172. The van der Waals surface area contributed by atoms with Gasteiger partial charge in [0.15, 0.2) is 0 Å². The van der Waals surface area contributed by atoms with Crippen LogP contribution >= 0.6 is 0 Å². The van der Waals surface area contributed by atoms with Gasteiger partial charge in [-0.1, -0.05) is 90.4 Å². The van der Waals surface area contributed by atoms with Gasteiger partial charge in [0.1, 0.15) is 0 Å². The minimum Gasteiger partial charge on any atom is -0.378 e. The molecule has 1 radical (unpaired) electrons. The molecule has 4 heteroatoms. The summed E-state index contributed by atoms with van der Waals surface area (Å²) < 4.78 is 12.4. The van der Waals surface area contributed by atoms with E-state index in [0.29, 0.717) is 12.7 Å². The largest absolute Gasteiger partial charge is 0.378 e. The molecule has 1 fully saturated rings. The fourth-order valence-corrected chi connectivity index (χ4v) is 4.97. The maximum absolute atomic E-state index is 10.4. The van der Waals surface area contributed by atoms with Crippen LogP contribution in [0.5, 0.6) is 0 Å². The molecule has 0 aromatic heterocycles. The molecule has 0 aromatic rings. The standard InChI is InChI=1S/C28H53O4/c1-4-5-17-25(18-12-9-7-6-8-10-15-22-27(29)30)19-16-23-31-24-28(2,3)32-26-20-13-11-14-21-26/h25-26H,4-24H2,1-3H3. The molecule has 1 atom stereocenters. The van der Waals surface area contributed by atoms with Crippen molar-refractivity contribution in [2.24, 2.45) is 5.92 Å². The van der Waals surface area contributed by atoms with Crippen molar-refractivity contribution in [2.45, 2.75) is 154 Å². The Kier molecular flexibility index (Phi) is 17.3. The summed E-state index contributed by atoms with van der Waals surface area (Å²) in [5.41, 5.74) is -0.172. The van der Waals surface area contributed by atoms with Crippen molar-refractivity contribution in [3.05, 3.63) is 0 Å². The van der Waals surface area contributed by atoms with Gasteiger partial charge in [0.05, 0.1) is 24.7 Å². The molecule has 189 valence electrons. The Balaban J connectivity index is 2.08. The van der Waals surface area contributed by atoms with Gasteiger partial charge in [0, 0.05) is 6.61 Å². The molecule has 0 saturated heterocycles. The quantitative estimate of drug-likeness (QED) is 0.165. The summed E-state index contributed by atoms with van der Waals surface area (Å²) in [5.74, 6) is -0.0712. The molecule has 1 saturated carbocycles. The van der Waals surface area contributed by atoms with Gasteiger partial charge >= 0.3 is 5.97 Å². The van der Waals surface area contributed by atoms with Crippen LogP contribution in [0.3, 0.4) is 0 Å². The summed E-state index contributed by atoms with van der Waals surface area (Å²) in [4.78, 5) is 10.4. The number of hydrogen-bond donors (Lipinski definition) is 0. The highest BCUT2D eigenvalue weighted by atomic mass is 16.5. The first-order chi connectivity index (χ1) is 15.4. The van der Waals surface area contributed by atoms with E-state index in [1.807, 2.05) is 0 Å². The second-order valence-electron chi connectivity index (χ2n) is 10.7. The van der Waals surface area contributed by atoms with E-state index in [9.17, 15) is 9.90 Å². The average molecular weight is 454 g/mol. The number of unbranched alkanes of at least 4 members (excludes halogenated alkanes) is 7. The zero-order valence-corrected chi connectivity index (χ0v) is 21.6. The number of carbonyl (C=O) groups excluding carboxylic acids is 1. The Morgan fingerprint density at radius 2 is 1.44 bits per heavy atom. The van der Waals surface area contributed by atoms with Crippen LogP contribution < -0.4 is 0 Å². The predicted molar refractivity (Wildman–Crippen MR) is 132 cm³/mol. The van der Waals surface area contributed by atoms with Crippen molar-refractivity contribution >= 4 is 5.97 Å². The highest BCUT2D eigenvalue weighted by Crippen LogP contribution is 2.26. The first-order valence-corrected chi connectivity index (χ1v) is 13.9. The molecule has 32 heavy (non-hydrogen) atoms. The van der Waals surface area contributed by atoms with E-state index in [-0.39, 0.29) is 12.0 Å². The van der Waals surface area contributed by atoms with Gasteiger partial charge in [0.2, 0.25) is 0 Å². The number of carbonyl (C=O) groups is 1. The monoisotopic (exact) mass is 453 g/mol. The second kappa shape index (κ2) is 18.8. The summed E-state index contributed by atoms with van der Waals surface area (Å²) in [5, 5.41) is 10.4. The summed E-state index contributed by atoms with van der Waals surface area (Å²) in [6.07, 6.45) is 22.9. The maximum atomic E-state index is 10.4. The van der Waals surface area contributed by atoms with E-state index in [4.69, 9.17) is 9.47 Å². The van der Waals surface area contributed by atoms with Crippen LogP contribution in [0, 0.1) is 5.92 Å². The first kappa shape index (κ1) is 29.4. The molecular weight excluding hydrogens is 400 g/mol. The zero-order chi connectivity index (χ0) is 23.5. The predicted octanol–water partition coefficient (Wildman–Crippen LogP) is 8.19. The highest BCUT2D eigenvalue weighted by Gasteiger charge is 2.25. The lowest BCUT2D eigenvalue weighted by atomic mass is 9.91. The number of ether oxygens (including phenoxy) is 2. The fourth-order valence-electron chi connectivity index (χ4n) is 4.97. The van der Waals surface area contributed by atoms with Crippen LogP contribution in [-0.2, 0) is 19.4 Å². The third kappa shape index (κ3) is 16.9. The van der Waals surface area contributed by atoms with Gasteiger partial charge in [-0.15, -0.1) is 0 Å². The van der Waals surface area contributed by atoms with E-state index in [0.717, 1.165) is 38.2 Å². The van der Waals surface area contributed by atoms with Gasteiger partial charge in [-0.3, -0.25) is 0 Å². The van der Waals surface area contributed by atoms with Crippen LogP contribution in [0.4, 0.5) is 0 Å². The van der Waals surface area contributed by atoms with E-state index >= 15 is 0 Å². The number of hydrogen-bond acceptors (Lipinski definition) is 3. The highest BCUT2D eigenvalue weighted by molar-refractivity contribution is 5.66. The summed E-state index contributed by atoms with van der Waals surface area (Å²) >= 11 is 0. The molecular formula is C28H53O4. The Morgan fingerprint density at radius 3 is 2.09 bits per heavy atom. The molecule has 0 aromatic carbocycles. The molecule has 0 aliphatic heterocycles. The fraction of sp³-hybridized carbons (Fsp3) is 0.964. The van der Waals surface area contributed by atoms with Gasteiger partial charge in [-0.05, 0) is 51.9 Å². The molecule has 0 amide bonds. The molecule has 1 aliphatic rings. The lowest BCUT2D eigenvalue weighted by Crippen LogP contribution is -2.36. The Bertz CT molecular complexity index is 443. The van der Waals surface area contributed by atoms with Crippen molar-refractivity contribution in [1.82, 2.24) is 0 Å². The summed E-state index contributed by atoms with van der Waals surface area (Å²) in [7, 11) is 0. The van der Waals surface area contributed by atoms with Gasteiger partial charge in [0.25, 0.3) is 0 Å². The smallest absolute Gasteiger partial charge is 0.355 e. The van der Waals surface area contributed by atoms with E-state index in [1.165, 1.54) is 89.9 Å². The normalized spacial score (nSPS) is 16.3. The van der Waals surface area contributed by atoms with Crippen LogP contribution in [0.25, 0.3) is 0 Å². The summed E-state index contributed by atoms with van der Waals surface area (Å²) in [6.45, 7) is 8.19. The lowest BCUT2D eigenvalue weighted by molar-refractivity contribution is -0.143. The van der Waals surface area contributed by atoms with E-state index in [2.05, 4.69) is 20.8 Å². The van der Waals surface area contributed by atoms with Crippen molar-refractivity contribution in [3.63, 3.8) is 0 Å². The molecule has 1 rings (SSSR count). The molecule has 0 bridgehead atoms. The third-order valence-electron chi connectivity index (χ3n) is 6.85. The van der Waals surface area contributed by atoms with E-state index in [1.54, 1.807) is 0 Å². The average Bonchev–Trinajstić information content (AvgIpc) is 2.75. The molecule has 1 aliphatic carbocycles. The molecule has 0 spiro atoms. The van der Waals surface area contributed by atoms with Crippen LogP contribution in [-0.4, -0.2) is 30.9 Å². The van der Waals surface area contributed by atoms with Gasteiger partial charge in [-0.25, -0.2) is 9.90 Å². The zero-order valence-electron chi connectivity index (χ0n) is 21.6. The maximum Gasteiger partial charge on any atom is 0.355 e. The molecule has 0 heterocycles. The van der Waals surface area contributed by atoms with Gasteiger partial charge < -0.3 is 9.47 Å². The van der Waals surface area contributed by atoms with Crippen LogP contribution in [0.2, 0.25) is 0 Å². The van der Waals surface area contributed by atoms with Crippen molar-refractivity contribution in [2.75, 3.05) is 13.2 Å². The van der Waals surface area contributed by atoms with Crippen molar-refractivity contribution in [1.29, 1.82) is 0 Å². The van der Waals surface area contributed by atoms with Crippen molar-refractivity contribution < 1.29 is 19.4 Å². The molecule has 1 unspecified atom stereocenters.